The second-order valence-corrected chi connectivity index (χ2v) is 6.45. The molecule has 0 unspecified atom stereocenters. The van der Waals surface area contributed by atoms with Gasteiger partial charge in [0.05, 0.1) is 12.2 Å². The van der Waals surface area contributed by atoms with E-state index in [1.807, 2.05) is 59.4 Å². The summed E-state index contributed by atoms with van der Waals surface area (Å²) in [5.41, 5.74) is 2.69. The minimum atomic E-state index is -0.301. The van der Waals surface area contributed by atoms with Crippen LogP contribution in [0.15, 0.2) is 78.2 Å². The van der Waals surface area contributed by atoms with Crippen molar-refractivity contribution in [2.24, 2.45) is 5.10 Å². The Bertz CT molecular complexity index is 1010. The molecule has 3 aromatic rings. The molecule has 0 atom stereocenters. The van der Waals surface area contributed by atoms with E-state index in [-0.39, 0.29) is 18.2 Å². The first-order valence-corrected chi connectivity index (χ1v) is 9.02. The fourth-order valence-corrected chi connectivity index (χ4v) is 3.02. The maximum Gasteiger partial charge on any atom is 0.271 e. The van der Waals surface area contributed by atoms with Gasteiger partial charge >= 0.3 is 0 Å². The van der Waals surface area contributed by atoms with Crippen molar-refractivity contribution < 1.29 is 9.59 Å². The molecule has 0 saturated carbocycles. The minimum Gasteiger partial charge on any atom is -0.321 e. The highest BCUT2D eigenvalue weighted by molar-refractivity contribution is 6.44. The average molecular weight is 373 g/mol. The molecular formula is C21H19N5O2. The number of hydrazone groups is 1. The van der Waals surface area contributed by atoms with Gasteiger partial charge in [0, 0.05) is 30.9 Å². The van der Waals surface area contributed by atoms with E-state index in [9.17, 15) is 9.59 Å². The molecule has 0 aliphatic carbocycles. The number of carbonyl (C=O) groups is 2. The fourth-order valence-electron chi connectivity index (χ4n) is 3.02. The van der Waals surface area contributed by atoms with Crippen molar-refractivity contribution in [3.8, 4) is 0 Å². The van der Waals surface area contributed by atoms with Crippen molar-refractivity contribution >= 4 is 28.9 Å². The van der Waals surface area contributed by atoms with Gasteiger partial charge in [-0.2, -0.15) is 10.2 Å². The molecule has 0 radical (unpaired) electrons. The lowest BCUT2D eigenvalue weighted by atomic mass is 10.1. The SMILES string of the molecule is O=C(Nc1cccc(Cn2cccn2)c1)C1=NN(c2ccccc2)C(=O)CC1. The van der Waals surface area contributed by atoms with E-state index >= 15 is 0 Å². The zero-order valence-electron chi connectivity index (χ0n) is 15.2. The second kappa shape index (κ2) is 7.87. The van der Waals surface area contributed by atoms with Crippen molar-refractivity contribution in [3.63, 3.8) is 0 Å². The Balaban J connectivity index is 1.49. The van der Waals surface area contributed by atoms with Gasteiger partial charge < -0.3 is 5.32 Å². The van der Waals surface area contributed by atoms with E-state index in [2.05, 4.69) is 15.5 Å². The van der Waals surface area contributed by atoms with Gasteiger partial charge in [-0.15, -0.1) is 0 Å². The molecule has 2 heterocycles. The Kier molecular flexibility index (Phi) is 4.97. The van der Waals surface area contributed by atoms with Gasteiger partial charge in [0.2, 0.25) is 5.91 Å². The maximum atomic E-state index is 12.7. The summed E-state index contributed by atoms with van der Waals surface area (Å²) in [7, 11) is 0. The first-order chi connectivity index (χ1) is 13.7. The van der Waals surface area contributed by atoms with Gasteiger partial charge in [0.1, 0.15) is 5.71 Å². The van der Waals surface area contributed by atoms with Gasteiger partial charge in [-0.05, 0) is 35.9 Å². The summed E-state index contributed by atoms with van der Waals surface area (Å²) in [4.78, 5) is 24.9. The molecule has 1 aromatic heterocycles. The number of aromatic nitrogens is 2. The first-order valence-electron chi connectivity index (χ1n) is 9.02. The third kappa shape index (κ3) is 3.98. The summed E-state index contributed by atoms with van der Waals surface area (Å²) in [6, 6.07) is 18.6. The van der Waals surface area contributed by atoms with E-state index < -0.39 is 0 Å². The van der Waals surface area contributed by atoms with Gasteiger partial charge in [-0.1, -0.05) is 30.3 Å². The van der Waals surface area contributed by atoms with E-state index in [0.29, 0.717) is 30.1 Å². The summed E-state index contributed by atoms with van der Waals surface area (Å²) < 4.78 is 1.81. The first kappa shape index (κ1) is 17.7. The smallest absolute Gasteiger partial charge is 0.271 e. The summed E-state index contributed by atoms with van der Waals surface area (Å²) in [5.74, 6) is -0.423. The molecule has 2 aromatic carbocycles. The van der Waals surface area contributed by atoms with Crippen LogP contribution in [-0.2, 0) is 16.1 Å². The molecule has 0 fully saturated rings. The summed E-state index contributed by atoms with van der Waals surface area (Å²) in [6.45, 7) is 0.619. The number of benzene rings is 2. The van der Waals surface area contributed by atoms with E-state index in [1.54, 1.807) is 18.3 Å². The lowest BCUT2D eigenvalue weighted by Gasteiger charge is -2.23. The van der Waals surface area contributed by atoms with Crippen molar-refractivity contribution in [2.45, 2.75) is 19.4 Å². The van der Waals surface area contributed by atoms with Crippen LogP contribution in [0, 0.1) is 0 Å². The largest absolute Gasteiger partial charge is 0.321 e. The topological polar surface area (TPSA) is 79.6 Å². The van der Waals surface area contributed by atoms with Crippen molar-refractivity contribution in [1.29, 1.82) is 0 Å². The van der Waals surface area contributed by atoms with Crippen LogP contribution in [-0.4, -0.2) is 27.3 Å². The molecule has 28 heavy (non-hydrogen) atoms. The fraction of sp³-hybridized carbons (Fsp3) is 0.143. The van der Waals surface area contributed by atoms with Gasteiger partial charge in [0.25, 0.3) is 5.91 Å². The molecule has 1 N–H and O–H groups in total. The highest BCUT2D eigenvalue weighted by Crippen LogP contribution is 2.20. The quantitative estimate of drug-likeness (QED) is 0.746. The van der Waals surface area contributed by atoms with Crippen LogP contribution in [0.25, 0.3) is 0 Å². The van der Waals surface area contributed by atoms with Crippen LogP contribution in [0.4, 0.5) is 11.4 Å². The number of nitrogens with one attached hydrogen (secondary N) is 1. The molecule has 1 aliphatic rings. The number of hydrogen-bond acceptors (Lipinski definition) is 4. The highest BCUT2D eigenvalue weighted by atomic mass is 16.2. The normalized spacial score (nSPS) is 13.9. The number of carbonyl (C=O) groups excluding carboxylic acids is 2. The average Bonchev–Trinajstić information content (AvgIpc) is 3.22. The second-order valence-electron chi connectivity index (χ2n) is 6.45. The van der Waals surface area contributed by atoms with E-state index in [0.717, 1.165) is 5.56 Å². The Labute approximate surface area is 162 Å². The molecule has 4 rings (SSSR count). The van der Waals surface area contributed by atoms with Gasteiger partial charge in [-0.3, -0.25) is 14.3 Å². The Morgan fingerprint density at radius 1 is 1.04 bits per heavy atom. The van der Waals surface area contributed by atoms with Crippen LogP contribution in [0.3, 0.4) is 0 Å². The van der Waals surface area contributed by atoms with Crippen molar-refractivity contribution in [2.75, 3.05) is 10.3 Å². The predicted octanol–water partition coefficient (Wildman–Crippen LogP) is 3.05. The maximum absolute atomic E-state index is 12.7. The molecule has 2 amide bonds. The number of hydrogen-bond donors (Lipinski definition) is 1. The third-order valence-corrected chi connectivity index (χ3v) is 4.38. The number of para-hydroxylation sites is 1. The standard InChI is InChI=1S/C21H19N5O2/c27-20-11-10-19(24-26(20)18-8-2-1-3-9-18)21(28)23-17-7-4-6-16(14-17)15-25-13-5-12-22-25/h1-9,12-14H,10-11,15H2,(H,23,28). The zero-order valence-corrected chi connectivity index (χ0v) is 15.2. The van der Waals surface area contributed by atoms with Crippen molar-refractivity contribution in [1.82, 2.24) is 9.78 Å². The number of anilines is 2. The molecule has 7 heteroatoms. The molecule has 7 nitrogen and oxygen atoms in total. The molecule has 0 bridgehead atoms. The predicted molar refractivity (Wildman–Crippen MR) is 107 cm³/mol. The monoisotopic (exact) mass is 373 g/mol. The molecular weight excluding hydrogens is 354 g/mol. The van der Waals surface area contributed by atoms with E-state index in [1.165, 1.54) is 5.01 Å². The summed E-state index contributed by atoms with van der Waals surface area (Å²) in [6.07, 6.45) is 4.19. The van der Waals surface area contributed by atoms with Gasteiger partial charge in [-0.25, -0.2) is 5.01 Å². The van der Waals surface area contributed by atoms with Crippen LogP contribution in [0.1, 0.15) is 18.4 Å². The van der Waals surface area contributed by atoms with Crippen LogP contribution >= 0.6 is 0 Å². The summed E-state index contributed by atoms with van der Waals surface area (Å²) in [5, 5.41) is 12.7. The number of rotatable bonds is 5. The number of amides is 2. The van der Waals surface area contributed by atoms with Gasteiger partial charge in [0.15, 0.2) is 0 Å². The van der Waals surface area contributed by atoms with Crippen molar-refractivity contribution in [3.05, 3.63) is 78.6 Å². The van der Waals surface area contributed by atoms with Crippen LogP contribution in [0.5, 0.6) is 0 Å². The Morgan fingerprint density at radius 2 is 1.89 bits per heavy atom. The third-order valence-electron chi connectivity index (χ3n) is 4.38. The van der Waals surface area contributed by atoms with E-state index in [4.69, 9.17) is 0 Å². The lowest BCUT2D eigenvalue weighted by Crippen LogP contribution is -2.36. The summed E-state index contributed by atoms with van der Waals surface area (Å²) >= 11 is 0. The number of nitrogens with zero attached hydrogens (tertiary/aromatic N) is 4. The molecule has 1 aliphatic heterocycles. The highest BCUT2D eigenvalue weighted by Gasteiger charge is 2.25. The minimum absolute atomic E-state index is 0.121. The molecule has 140 valence electrons. The van der Waals surface area contributed by atoms with Crippen LogP contribution < -0.4 is 10.3 Å². The molecule has 0 saturated heterocycles. The lowest BCUT2D eigenvalue weighted by molar-refractivity contribution is -0.118. The Morgan fingerprint density at radius 3 is 2.68 bits per heavy atom. The molecule has 0 spiro atoms. The Hall–Kier alpha value is -3.74. The zero-order chi connectivity index (χ0) is 19.3. The van der Waals surface area contributed by atoms with Crippen LogP contribution in [0.2, 0.25) is 0 Å².